The summed E-state index contributed by atoms with van der Waals surface area (Å²) < 4.78 is 16.3. The Kier molecular flexibility index (Phi) is 4.73. The van der Waals surface area contributed by atoms with Crippen molar-refractivity contribution in [3.63, 3.8) is 0 Å². The number of fused-ring (bicyclic) bond motifs is 3. The molecule has 7 heteroatoms. The molecule has 144 valence electrons. The van der Waals surface area contributed by atoms with Crippen LogP contribution in [0.2, 0.25) is 5.02 Å². The number of hydrogen-bond donors (Lipinski definition) is 0. The maximum atomic E-state index is 12.1. The topological polar surface area (TPSA) is 69.0 Å². The number of hydrogen-bond acceptors (Lipinski definition) is 6. The number of benzene rings is 2. The van der Waals surface area contributed by atoms with Crippen LogP contribution in [0, 0.1) is 0 Å². The van der Waals surface area contributed by atoms with Crippen LogP contribution < -0.4 is 15.3 Å². The van der Waals surface area contributed by atoms with Crippen molar-refractivity contribution in [3.8, 4) is 5.75 Å². The number of para-hydroxylation sites is 1. The predicted octanol–water partition coefficient (Wildman–Crippen LogP) is 4.15. The fraction of sp³-hybridized carbons (Fsp3) is 0.238. The van der Waals surface area contributed by atoms with Crippen molar-refractivity contribution >= 4 is 34.2 Å². The molecule has 4 rings (SSSR count). The maximum absolute atomic E-state index is 12.1. The van der Waals surface area contributed by atoms with E-state index in [2.05, 4.69) is 0 Å². The van der Waals surface area contributed by atoms with Gasteiger partial charge in [0.2, 0.25) is 0 Å². The first kappa shape index (κ1) is 18.4. The summed E-state index contributed by atoms with van der Waals surface area (Å²) in [5, 5.41) is 1.25. The lowest BCUT2D eigenvalue weighted by Gasteiger charge is -2.32. The van der Waals surface area contributed by atoms with E-state index in [1.54, 1.807) is 18.2 Å². The zero-order chi connectivity index (χ0) is 19.8. The normalized spacial score (nSPS) is 13.2. The van der Waals surface area contributed by atoms with E-state index in [9.17, 15) is 9.59 Å². The quantitative estimate of drug-likeness (QED) is 0.486. The molecule has 0 N–H and O–H groups in total. The number of nitrogens with zero attached hydrogens (tertiary/aromatic N) is 1. The third-order valence-corrected chi connectivity index (χ3v) is 5.15. The average Bonchev–Trinajstić information content (AvgIpc) is 2.73. The summed E-state index contributed by atoms with van der Waals surface area (Å²) in [7, 11) is 1.34. The molecule has 0 saturated heterocycles. The first-order valence-corrected chi connectivity index (χ1v) is 9.24. The van der Waals surface area contributed by atoms with E-state index >= 15 is 0 Å². The summed E-state index contributed by atoms with van der Waals surface area (Å²) in [4.78, 5) is 26.1. The minimum absolute atomic E-state index is 0.198. The first-order chi connectivity index (χ1) is 13.5. The number of aryl methyl sites for hydroxylation is 1. The van der Waals surface area contributed by atoms with Crippen molar-refractivity contribution in [1.82, 2.24) is 0 Å². The Labute approximate surface area is 166 Å². The van der Waals surface area contributed by atoms with Gasteiger partial charge in [-0.05, 0) is 30.2 Å². The van der Waals surface area contributed by atoms with Gasteiger partial charge in [-0.3, -0.25) is 0 Å². The van der Waals surface area contributed by atoms with Crippen molar-refractivity contribution in [2.24, 2.45) is 0 Å². The molecule has 1 aliphatic rings. The molecule has 0 amide bonds. The Hall–Kier alpha value is -2.99. The van der Waals surface area contributed by atoms with Crippen LogP contribution in [0.5, 0.6) is 5.75 Å². The van der Waals surface area contributed by atoms with Gasteiger partial charge in [0, 0.05) is 11.5 Å². The van der Waals surface area contributed by atoms with Gasteiger partial charge in [-0.1, -0.05) is 30.7 Å². The highest BCUT2D eigenvalue weighted by atomic mass is 35.5. The summed E-state index contributed by atoms with van der Waals surface area (Å²) >= 11 is 6.45. The molecule has 28 heavy (non-hydrogen) atoms. The van der Waals surface area contributed by atoms with Gasteiger partial charge in [-0.25, -0.2) is 9.59 Å². The number of rotatable bonds is 3. The molecule has 1 aromatic heterocycles. The smallest absolute Gasteiger partial charge is 0.339 e. The minimum atomic E-state index is -0.433. The summed E-state index contributed by atoms with van der Waals surface area (Å²) in [6.07, 6.45) is 0.674. The molecule has 0 radical (unpaired) electrons. The van der Waals surface area contributed by atoms with Gasteiger partial charge in [0.1, 0.15) is 11.3 Å². The van der Waals surface area contributed by atoms with Crippen LogP contribution in [-0.2, 0) is 17.7 Å². The highest BCUT2D eigenvalue weighted by Crippen LogP contribution is 2.40. The van der Waals surface area contributed by atoms with Crippen molar-refractivity contribution in [2.45, 2.75) is 19.9 Å². The number of anilines is 1. The zero-order valence-corrected chi connectivity index (χ0v) is 16.2. The maximum Gasteiger partial charge on any atom is 0.339 e. The van der Waals surface area contributed by atoms with E-state index in [1.807, 2.05) is 24.0 Å². The first-order valence-electron chi connectivity index (χ1n) is 8.86. The van der Waals surface area contributed by atoms with Gasteiger partial charge in [-0.2, -0.15) is 0 Å². The van der Waals surface area contributed by atoms with Crippen LogP contribution in [0.3, 0.4) is 0 Å². The van der Waals surface area contributed by atoms with Crippen molar-refractivity contribution in [3.05, 3.63) is 68.5 Å². The predicted molar refractivity (Wildman–Crippen MR) is 106 cm³/mol. The largest absolute Gasteiger partial charge is 0.471 e. The van der Waals surface area contributed by atoms with Crippen LogP contribution >= 0.6 is 11.6 Å². The van der Waals surface area contributed by atoms with E-state index < -0.39 is 11.6 Å². The van der Waals surface area contributed by atoms with E-state index in [1.165, 1.54) is 13.2 Å². The van der Waals surface area contributed by atoms with E-state index in [4.69, 9.17) is 25.5 Å². The number of halogens is 1. The van der Waals surface area contributed by atoms with Gasteiger partial charge in [0.15, 0.2) is 6.73 Å². The van der Waals surface area contributed by atoms with Crippen LogP contribution in [0.1, 0.15) is 28.4 Å². The van der Waals surface area contributed by atoms with Crippen molar-refractivity contribution in [2.75, 3.05) is 18.7 Å². The Morgan fingerprint density at radius 3 is 2.82 bits per heavy atom. The third kappa shape index (κ3) is 2.99. The lowest BCUT2D eigenvalue weighted by molar-refractivity contribution is 0.0601. The van der Waals surface area contributed by atoms with Gasteiger partial charge in [-0.15, -0.1) is 0 Å². The number of carbonyl (C=O) groups excluding carboxylic acids is 1. The van der Waals surface area contributed by atoms with Crippen LogP contribution in [0.4, 0.5) is 5.69 Å². The van der Waals surface area contributed by atoms with Gasteiger partial charge < -0.3 is 18.8 Å². The lowest BCUT2D eigenvalue weighted by Crippen LogP contribution is -2.33. The van der Waals surface area contributed by atoms with E-state index in [0.29, 0.717) is 46.1 Å². The molecule has 0 bridgehead atoms. The minimum Gasteiger partial charge on any atom is -0.471 e. The molecular formula is C21H18ClNO5. The average molecular weight is 400 g/mol. The highest BCUT2D eigenvalue weighted by molar-refractivity contribution is 6.33. The molecule has 0 unspecified atom stereocenters. The number of methoxy groups -OCH3 is 1. The molecule has 0 saturated carbocycles. The molecule has 6 nitrogen and oxygen atoms in total. The molecule has 3 aromatic rings. The number of esters is 1. The summed E-state index contributed by atoms with van der Waals surface area (Å²) in [5.74, 6) is 0.0644. The third-order valence-electron chi connectivity index (χ3n) is 4.87. The number of carbonyl (C=O) groups is 1. The Bertz CT molecular complexity index is 1140. The second kappa shape index (κ2) is 7.20. The molecule has 1 aliphatic heterocycles. The van der Waals surface area contributed by atoms with Gasteiger partial charge in [0.25, 0.3) is 0 Å². The lowest BCUT2D eigenvalue weighted by atomic mass is 10.0. The van der Waals surface area contributed by atoms with Crippen LogP contribution in [0.25, 0.3) is 11.0 Å². The standard InChI is InChI=1S/C21H18ClNO5/c1-3-12-8-18(24)28-19-14(12)9-16(22)20-15(19)10-23(11-27-20)17-7-5-4-6-13(17)21(25)26-2/h4-9H,3,10-11H2,1-2H3. The fourth-order valence-corrected chi connectivity index (χ4v) is 3.81. The second-order valence-electron chi connectivity index (χ2n) is 6.47. The van der Waals surface area contributed by atoms with Gasteiger partial charge in [0.05, 0.1) is 35.5 Å². The Morgan fingerprint density at radius 1 is 1.29 bits per heavy atom. The van der Waals surface area contributed by atoms with Crippen molar-refractivity contribution < 1.29 is 18.7 Å². The Morgan fingerprint density at radius 2 is 2.07 bits per heavy atom. The molecule has 0 aliphatic carbocycles. The molecular weight excluding hydrogens is 382 g/mol. The van der Waals surface area contributed by atoms with E-state index in [0.717, 1.165) is 10.9 Å². The van der Waals surface area contributed by atoms with Crippen molar-refractivity contribution in [1.29, 1.82) is 0 Å². The highest BCUT2D eigenvalue weighted by Gasteiger charge is 2.27. The van der Waals surface area contributed by atoms with Crippen LogP contribution in [-0.4, -0.2) is 19.8 Å². The summed E-state index contributed by atoms with van der Waals surface area (Å²) in [6.45, 7) is 2.54. The number of ether oxygens (including phenoxy) is 2. The SMILES string of the molecule is CCc1cc(=O)oc2c3c(c(Cl)cc12)OCN(c1ccccc1C(=O)OC)C3. The fourth-order valence-electron chi connectivity index (χ4n) is 3.53. The molecule has 2 aromatic carbocycles. The molecule has 0 spiro atoms. The van der Waals surface area contributed by atoms with Crippen LogP contribution in [0.15, 0.2) is 45.6 Å². The monoisotopic (exact) mass is 399 g/mol. The second-order valence-corrected chi connectivity index (χ2v) is 6.87. The molecule has 0 atom stereocenters. The summed E-state index contributed by atoms with van der Waals surface area (Å²) in [6, 6.07) is 10.4. The molecule has 2 heterocycles. The Balaban J connectivity index is 1.87. The zero-order valence-electron chi connectivity index (χ0n) is 15.5. The molecule has 0 fully saturated rings. The summed E-state index contributed by atoms with van der Waals surface area (Å²) in [5.41, 5.74) is 2.69. The van der Waals surface area contributed by atoms with Gasteiger partial charge >= 0.3 is 11.6 Å². The van der Waals surface area contributed by atoms with E-state index in [-0.39, 0.29) is 6.73 Å².